The maximum Gasteiger partial charge on any atom is 0.256 e. The first-order valence-corrected chi connectivity index (χ1v) is 6.77. The monoisotopic (exact) mass is 271 g/mol. The number of rotatable bonds is 1. The molecule has 4 nitrogen and oxygen atoms in total. The smallest absolute Gasteiger partial charge is 0.256 e. The lowest BCUT2D eigenvalue weighted by Crippen LogP contribution is -2.11. The molecule has 2 aromatic rings. The van der Waals surface area contributed by atoms with Gasteiger partial charge in [0.1, 0.15) is 6.29 Å². The normalized spacial score (nSPS) is 16.8. The minimum absolute atomic E-state index is 0.314. The second kappa shape index (κ2) is 4.44. The quantitative estimate of drug-likeness (QED) is 0.809. The number of hydrogen-bond donors (Lipinski definition) is 1. The third kappa shape index (κ3) is 1.88. The van der Waals surface area contributed by atoms with Gasteiger partial charge in [-0.05, 0) is 24.3 Å². The minimum Gasteiger partial charge on any atom is -0.321 e. The molecule has 0 saturated heterocycles. The molecule has 5 heteroatoms. The van der Waals surface area contributed by atoms with Gasteiger partial charge in [-0.3, -0.25) is 9.59 Å². The second-order valence-electron chi connectivity index (χ2n) is 4.09. The molecule has 1 atom stereocenters. The summed E-state index contributed by atoms with van der Waals surface area (Å²) < 4.78 is 12.5. The van der Waals surface area contributed by atoms with Crippen molar-refractivity contribution in [2.45, 2.75) is 9.79 Å². The average molecular weight is 271 g/mol. The third-order valence-corrected chi connectivity index (χ3v) is 4.43. The topological polar surface area (TPSA) is 63.2 Å². The van der Waals surface area contributed by atoms with E-state index in [1.165, 1.54) is 6.07 Å². The van der Waals surface area contributed by atoms with Crippen molar-refractivity contribution >= 4 is 28.7 Å². The number of carbonyl (C=O) groups is 2. The van der Waals surface area contributed by atoms with Crippen LogP contribution in [0.2, 0.25) is 0 Å². The van der Waals surface area contributed by atoms with Gasteiger partial charge in [-0.2, -0.15) is 0 Å². The van der Waals surface area contributed by atoms with Gasteiger partial charge in [0.15, 0.2) is 0 Å². The van der Waals surface area contributed by atoms with Gasteiger partial charge >= 0.3 is 0 Å². The van der Waals surface area contributed by atoms with Crippen LogP contribution in [0.25, 0.3) is 0 Å². The van der Waals surface area contributed by atoms with Crippen LogP contribution in [0.5, 0.6) is 0 Å². The fourth-order valence-electron chi connectivity index (χ4n) is 2.00. The Morgan fingerprint density at radius 1 is 1.05 bits per heavy atom. The van der Waals surface area contributed by atoms with Crippen LogP contribution in [0.1, 0.15) is 20.7 Å². The zero-order valence-electron chi connectivity index (χ0n) is 9.75. The van der Waals surface area contributed by atoms with E-state index in [9.17, 15) is 13.8 Å². The molecule has 0 fully saturated rings. The van der Waals surface area contributed by atoms with Crippen LogP contribution >= 0.6 is 0 Å². The van der Waals surface area contributed by atoms with Gasteiger partial charge in [0.2, 0.25) is 0 Å². The maximum atomic E-state index is 12.5. The minimum atomic E-state index is -1.44. The number of benzene rings is 2. The van der Waals surface area contributed by atoms with Gasteiger partial charge in [0.25, 0.3) is 5.91 Å². The lowest BCUT2D eigenvalue weighted by Gasteiger charge is -2.05. The van der Waals surface area contributed by atoms with E-state index in [4.69, 9.17) is 0 Å². The van der Waals surface area contributed by atoms with Crippen molar-refractivity contribution in [1.82, 2.24) is 0 Å². The summed E-state index contributed by atoms with van der Waals surface area (Å²) in [5, 5.41) is 2.69. The average Bonchev–Trinajstić information content (AvgIpc) is 2.55. The number of hydrogen-bond acceptors (Lipinski definition) is 3. The van der Waals surface area contributed by atoms with Crippen LogP contribution in [0.4, 0.5) is 5.69 Å². The molecule has 0 bridgehead atoms. The third-order valence-electron chi connectivity index (χ3n) is 2.92. The molecule has 3 rings (SSSR count). The summed E-state index contributed by atoms with van der Waals surface area (Å²) >= 11 is 0. The predicted octanol–water partition coefficient (Wildman–Crippen LogP) is 2.23. The van der Waals surface area contributed by atoms with E-state index in [2.05, 4.69) is 5.32 Å². The van der Waals surface area contributed by atoms with E-state index < -0.39 is 10.8 Å². The molecule has 1 heterocycles. The maximum absolute atomic E-state index is 12.5. The lowest BCUT2D eigenvalue weighted by molar-refractivity contribution is 0.102. The first-order valence-electron chi connectivity index (χ1n) is 5.62. The summed E-state index contributed by atoms with van der Waals surface area (Å²) in [7, 11) is -1.44. The van der Waals surface area contributed by atoms with Crippen molar-refractivity contribution in [3.05, 3.63) is 53.6 Å². The largest absolute Gasteiger partial charge is 0.321 e. The van der Waals surface area contributed by atoms with Crippen LogP contribution < -0.4 is 5.32 Å². The summed E-state index contributed by atoms with van der Waals surface area (Å²) in [4.78, 5) is 23.8. The van der Waals surface area contributed by atoms with Crippen molar-refractivity contribution in [2.24, 2.45) is 0 Å². The predicted molar refractivity (Wildman–Crippen MR) is 70.9 cm³/mol. The molecule has 0 aromatic heterocycles. The van der Waals surface area contributed by atoms with Crippen molar-refractivity contribution in [3.63, 3.8) is 0 Å². The summed E-state index contributed by atoms with van der Waals surface area (Å²) in [6, 6.07) is 11.5. The Kier molecular flexibility index (Phi) is 2.76. The molecule has 1 amide bonds. The van der Waals surface area contributed by atoms with Crippen LogP contribution in [0.3, 0.4) is 0 Å². The van der Waals surface area contributed by atoms with Gasteiger partial charge in [-0.25, -0.2) is 4.21 Å². The molecular formula is C14H9NO3S. The molecule has 2 aromatic carbocycles. The molecule has 1 aliphatic rings. The van der Waals surface area contributed by atoms with Crippen molar-refractivity contribution < 1.29 is 13.8 Å². The fourth-order valence-corrected chi connectivity index (χ4v) is 3.31. The Bertz CT molecular complexity index is 724. The van der Waals surface area contributed by atoms with Crippen LogP contribution in [-0.4, -0.2) is 16.4 Å². The van der Waals surface area contributed by atoms with Crippen molar-refractivity contribution in [1.29, 1.82) is 0 Å². The Balaban J connectivity index is 2.25. The first kappa shape index (κ1) is 11.8. The Labute approximate surface area is 111 Å². The highest BCUT2D eigenvalue weighted by Gasteiger charge is 2.24. The number of aldehydes is 1. The summed E-state index contributed by atoms with van der Waals surface area (Å²) in [5.41, 5.74) is 1.25. The molecule has 1 unspecified atom stereocenters. The molecule has 0 radical (unpaired) electrons. The molecule has 94 valence electrons. The molecular weight excluding hydrogens is 262 g/mol. The highest BCUT2D eigenvalue weighted by molar-refractivity contribution is 7.85. The van der Waals surface area contributed by atoms with Gasteiger partial charge in [0, 0.05) is 5.56 Å². The summed E-state index contributed by atoms with van der Waals surface area (Å²) in [5.74, 6) is -0.314. The second-order valence-corrected chi connectivity index (χ2v) is 5.51. The van der Waals surface area contributed by atoms with Crippen LogP contribution in [0.15, 0.2) is 52.3 Å². The Morgan fingerprint density at radius 3 is 2.63 bits per heavy atom. The van der Waals surface area contributed by atoms with E-state index >= 15 is 0 Å². The Morgan fingerprint density at radius 2 is 1.84 bits per heavy atom. The van der Waals surface area contributed by atoms with E-state index in [1.54, 1.807) is 36.4 Å². The molecule has 0 spiro atoms. The van der Waals surface area contributed by atoms with Crippen LogP contribution in [-0.2, 0) is 10.8 Å². The number of amides is 1. The van der Waals surface area contributed by atoms with E-state index in [1.807, 2.05) is 0 Å². The first-order chi connectivity index (χ1) is 9.20. The molecule has 0 saturated carbocycles. The van der Waals surface area contributed by atoms with E-state index in [-0.39, 0.29) is 5.91 Å². The number of anilines is 1. The van der Waals surface area contributed by atoms with E-state index in [0.29, 0.717) is 32.9 Å². The van der Waals surface area contributed by atoms with Gasteiger partial charge < -0.3 is 5.32 Å². The molecule has 19 heavy (non-hydrogen) atoms. The van der Waals surface area contributed by atoms with Gasteiger partial charge in [-0.15, -0.1) is 0 Å². The zero-order chi connectivity index (χ0) is 13.4. The van der Waals surface area contributed by atoms with Gasteiger partial charge in [-0.1, -0.05) is 18.2 Å². The van der Waals surface area contributed by atoms with Crippen molar-refractivity contribution in [3.8, 4) is 0 Å². The molecule has 0 aliphatic carbocycles. The van der Waals surface area contributed by atoms with Gasteiger partial charge in [0.05, 0.1) is 31.8 Å². The standard InChI is InChI=1S/C14H9NO3S/c16-8-9-5-6-13-11(7-9)15-14(17)10-3-1-2-4-12(10)19(13)18/h1-8H,(H,15,17). The zero-order valence-corrected chi connectivity index (χ0v) is 10.6. The number of nitrogens with one attached hydrogen (secondary N) is 1. The highest BCUT2D eigenvalue weighted by Crippen LogP contribution is 2.30. The SMILES string of the molecule is O=Cc1ccc2c(c1)NC(=O)c1ccccc1S2=O. The summed E-state index contributed by atoms with van der Waals surface area (Å²) in [6.45, 7) is 0. The van der Waals surface area contributed by atoms with E-state index in [0.717, 1.165) is 0 Å². The number of fused-ring (bicyclic) bond motifs is 2. The summed E-state index contributed by atoms with van der Waals surface area (Å²) in [6.07, 6.45) is 0.688. The number of carbonyl (C=O) groups excluding carboxylic acids is 2. The molecule has 1 aliphatic heterocycles. The van der Waals surface area contributed by atoms with Crippen LogP contribution in [0, 0.1) is 0 Å². The molecule has 1 N–H and O–H groups in total. The van der Waals surface area contributed by atoms with Crippen molar-refractivity contribution in [2.75, 3.05) is 5.32 Å². The lowest BCUT2D eigenvalue weighted by atomic mass is 10.2. The highest BCUT2D eigenvalue weighted by atomic mass is 32.2. The fraction of sp³-hybridized carbons (Fsp3) is 0. The Hall–Kier alpha value is -2.27.